The van der Waals surface area contributed by atoms with E-state index in [1.165, 1.54) is 0 Å². The quantitative estimate of drug-likeness (QED) is 0.688. The Morgan fingerprint density at radius 2 is 1.94 bits per heavy atom. The molecule has 4 nitrogen and oxygen atoms in total. The minimum absolute atomic E-state index is 0.00213. The van der Waals surface area contributed by atoms with Crippen molar-refractivity contribution in [2.24, 2.45) is 0 Å². The Kier molecular flexibility index (Phi) is 6.37. The molecule has 17 heavy (non-hydrogen) atoms. The third-order valence-electron chi connectivity index (χ3n) is 2.60. The second-order valence-corrected chi connectivity index (χ2v) is 7.76. The Bertz CT molecular complexity index is 341. The van der Waals surface area contributed by atoms with Gasteiger partial charge in [-0.25, -0.2) is 13.1 Å². The largest absolute Gasteiger partial charge is 0.387 e. The van der Waals surface area contributed by atoms with Crippen LogP contribution in [-0.4, -0.2) is 30.9 Å². The van der Waals surface area contributed by atoms with Gasteiger partial charge in [0.05, 0.1) is 10.9 Å². The summed E-state index contributed by atoms with van der Waals surface area (Å²) in [6.07, 6.45) is 1.91. The van der Waals surface area contributed by atoms with Gasteiger partial charge >= 0.3 is 0 Å². The Balaban J connectivity index is 4.26. The number of nitrogens with one attached hydrogen (secondary N) is 1. The highest BCUT2D eigenvalue weighted by Crippen LogP contribution is 2.14. The molecule has 1 unspecified atom stereocenters. The maximum atomic E-state index is 11.7. The molecule has 0 aliphatic heterocycles. The van der Waals surface area contributed by atoms with E-state index in [9.17, 15) is 13.5 Å². The van der Waals surface area contributed by atoms with Crippen LogP contribution in [0.5, 0.6) is 0 Å². The van der Waals surface area contributed by atoms with Crippen LogP contribution in [0.25, 0.3) is 0 Å². The van der Waals surface area contributed by atoms with Crippen molar-refractivity contribution in [2.45, 2.75) is 57.8 Å². The predicted molar refractivity (Wildman–Crippen MR) is 71.3 cm³/mol. The second kappa shape index (κ2) is 6.52. The van der Waals surface area contributed by atoms with Gasteiger partial charge in [-0.2, -0.15) is 0 Å². The zero-order valence-corrected chi connectivity index (χ0v) is 12.1. The Morgan fingerprint density at radius 1 is 1.41 bits per heavy atom. The highest BCUT2D eigenvalue weighted by Gasteiger charge is 2.29. The number of rotatable bonds is 7. The number of sulfonamides is 1. The molecule has 0 fully saturated rings. The third-order valence-corrected chi connectivity index (χ3v) is 4.75. The lowest BCUT2D eigenvalue weighted by atomic mass is 10.1. The molecule has 5 heteroatoms. The molecule has 0 aliphatic rings. The molecule has 0 bridgehead atoms. The lowest BCUT2D eigenvalue weighted by molar-refractivity contribution is 0.209. The fourth-order valence-electron chi connectivity index (χ4n) is 1.12. The predicted octanol–water partition coefficient (Wildman–Crippen LogP) is 1.81. The first-order chi connectivity index (χ1) is 7.62. The second-order valence-electron chi connectivity index (χ2n) is 5.24. The van der Waals surface area contributed by atoms with Crippen molar-refractivity contribution in [3.8, 4) is 0 Å². The molecule has 0 aromatic rings. The van der Waals surface area contributed by atoms with Crippen LogP contribution < -0.4 is 4.72 Å². The molecule has 0 aliphatic carbocycles. The third kappa shape index (κ3) is 5.66. The standard InChI is InChI=1S/C12H25NO3S/c1-6-7-8-10(2)11(14)9-13-17(15,16)12(3,4)5/h11,13-14H,2,6-9H2,1,3-5H3. The SMILES string of the molecule is C=C(CCCC)C(O)CNS(=O)(=O)C(C)(C)C. The number of hydrogen-bond donors (Lipinski definition) is 2. The van der Waals surface area contributed by atoms with Crippen molar-refractivity contribution in [2.75, 3.05) is 6.54 Å². The smallest absolute Gasteiger partial charge is 0.216 e. The van der Waals surface area contributed by atoms with Crippen molar-refractivity contribution in [1.29, 1.82) is 0 Å². The molecule has 0 spiro atoms. The monoisotopic (exact) mass is 263 g/mol. The van der Waals surface area contributed by atoms with Gasteiger partial charge < -0.3 is 5.11 Å². The van der Waals surface area contributed by atoms with Crippen LogP contribution in [0.2, 0.25) is 0 Å². The van der Waals surface area contributed by atoms with Crippen LogP contribution in [0.3, 0.4) is 0 Å². The summed E-state index contributed by atoms with van der Waals surface area (Å²) in [6, 6.07) is 0. The molecule has 0 amide bonds. The van der Waals surface area contributed by atoms with Crippen LogP contribution in [0, 0.1) is 0 Å². The van der Waals surface area contributed by atoms with Crippen molar-refractivity contribution >= 4 is 10.0 Å². The molecule has 0 aromatic carbocycles. The zero-order valence-electron chi connectivity index (χ0n) is 11.3. The summed E-state index contributed by atoms with van der Waals surface area (Å²) in [4.78, 5) is 0. The molecule has 0 saturated carbocycles. The average Bonchev–Trinajstić information content (AvgIpc) is 2.20. The van der Waals surface area contributed by atoms with E-state index in [4.69, 9.17) is 0 Å². The van der Waals surface area contributed by atoms with E-state index in [2.05, 4.69) is 18.2 Å². The average molecular weight is 263 g/mol. The van der Waals surface area contributed by atoms with Gasteiger partial charge in [-0.1, -0.05) is 19.9 Å². The molecule has 0 saturated heterocycles. The maximum Gasteiger partial charge on any atom is 0.216 e. The van der Waals surface area contributed by atoms with Crippen molar-refractivity contribution in [1.82, 2.24) is 4.72 Å². The summed E-state index contributed by atoms with van der Waals surface area (Å²) in [7, 11) is -3.40. The van der Waals surface area contributed by atoms with Crippen LogP contribution in [0.1, 0.15) is 47.0 Å². The summed E-state index contributed by atoms with van der Waals surface area (Å²) in [6.45, 7) is 10.7. The van der Waals surface area contributed by atoms with E-state index in [0.717, 1.165) is 19.3 Å². The first-order valence-corrected chi connectivity index (χ1v) is 7.45. The number of aliphatic hydroxyl groups is 1. The summed E-state index contributed by atoms with van der Waals surface area (Å²) >= 11 is 0. The summed E-state index contributed by atoms with van der Waals surface area (Å²) in [5.74, 6) is 0. The molecule has 0 aromatic heterocycles. The Labute approximate surface area is 105 Å². The maximum absolute atomic E-state index is 11.7. The van der Waals surface area contributed by atoms with E-state index in [1.54, 1.807) is 20.8 Å². The molecule has 0 heterocycles. The summed E-state index contributed by atoms with van der Waals surface area (Å²) in [5, 5.41) is 9.75. The van der Waals surface area contributed by atoms with Gasteiger partial charge in [0.1, 0.15) is 0 Å². The van der Waals surface area contributed by atoms with Gasteiger partial charge in [0, 0.05) is 6.54 Å². The minimum Gasteiger partial charge on any atom is -0.387 e. The Hall–Kier alpha value is -0.390. The van der Waals surface area contributed by atoms with Crippen LogP contribution in [-0.2, 0) is 10.0 Å². The first-order valence-electron chi connectivity index (χ1n) is 5.96. The summed E-state index contributed by atoms with van der Waals surface area (Å²) in [5.41, 5.74) is 0.684. The van der Waals surface area contributed by atoms with E-state index >= 15 is 0 Å². The molecule has 0 radical (unpaired) electrons. The van der Waals surface area contributed by atoms with E-state index in [0.29, 0.717) is 5.57 Å². The van der Waals surface area contributed by atoms with Gasteiger partial charge in [-0.05, 0) is 39.2 Å². The van der Waals surface area contributed by atoms with Crippen LogP contribution >= 0.6 is 0 Å². The van der Waals surface area contributed by atoms with Crippen molar-refractivity contribution in [3.05, 3.63) is 12.2 Å². The van der Waals surface area contributed by atoms with Gasteiger partial charge in [0.2, 0.25) is 10.0 Å². The van der Waals surface area contributed by atoms with Crippen molar-refractivity contribution < 1.29 is 13.5 Å². The van der Waals surface area contributed by atoms with Gasteiger partial charge in [-0.3, -0.25) is 0 Å². The fraction of sp³-hybridized carbons (Fsp3) is 0.833. The van der Waals surface area contributed by atoms with Gasteiger partial charge in [0.25, 0.3) is 0 Å². The molecule has 0 rings (SSSR count). The molecular weight excluding hydrogens is 238 g/mol. The van der Waals surface area contributed by atoms with Crippen molar-refractivity contribution in [3.63, 3.8) is 0 Å². The van der Waals surface area contributed by atoms with Crippen LogP contribution in [0.15, 0.2) is 12.2 Å². The topological polar surface area (TPSA) is 66.4 Å². The number of hydrogen-bond acceptors (Lipinski definition) is 3. The normalized spacial score (nSPS) is 14.6. The molecule has 102 valence electrons. The van der Waals surface area contributed by atoms with E-state index in [1.807, 2.05) is 0 Å². The first kappa shape index (κ1) is 16.6. The molecule has 1 atom stereocenters. The van der Waals surface area contributed by atoms with Crippen LogP contribution in [0.4, 0.5) is 0 Å². The highest BCUT2D eigenvalue weighted by atomic mass is 32.2. The Morgan fingerprint density at radius 3 is 2.35 bits per heavy atom. The zero-order chi connectivity index (χ0) is 13.7. The fourth-order valence-corrected chi connectivity index (χ4v) is 1.93. The number of aliphatic hydroxyl groups excluding tert-OH is 1. The lowest BCUT2D eigenvalue weighted by Crippen LogP contribution is -2.42. The number of unbranched alkanes of at least 4 members (excludes halogenated alkanes) is 1. The molecule has 2 N–H and O–H groups in total. The van der Waals surface area contributed by atoms with E-state index < -0.39 is 20.9 Å². The summed E-state index contributed by atoms with van der Waals surface area (Å²) < 4.78 is 25.0. The lowest BCUT2D eigenvalue weighted by Gasteiger charge is -2.21. The van der Waals surface area contributed by atoms with Gasteiger partial charge in [0.15, 0.2) is 0 Å². The van der Waals surface area contributed by atoms with Gasteiger partial charge in [-0.15, -0.1) is 0 Å². The highest BCUT2D eigenvalue weighted by molar-refractivity contribution is 7.90. The molecular formula is C12H25NO3S. The minimum atomic E-state index is -3.40. The van der Waals surface area contributed by atoms with E-state index in [-0.39, 0.29) is 6.54 Å².